The number of nitrogens with two attached hydrogens (primary N) is 1. The predicted octanol–water partition coefficient (Wildman–Crippen LogP) is 3.09. The minimum absolute atomic E-state index is 0.0201. The lowest BCUT2D eigenvalue weighted by Gasteiger charge is -2.09. The first-order valence-corrected chi connectivity index (χ1v) is 5.96. The molecule has 2 N–H and O–H groups in total. The van der Waals surface area contributed by atoms with Crippen molar-refractivity contribution in [2.24, 2.45) is 7.05 Å². The van der Waals surface area contributed by atoms with E-state index < -0.39 is 11.9 Å². The smallest absolute Gasteiger partial charge is 0.435 e. The third-order valence-electron chi connectivity index (χ3n) is 2.65. The van der Waals surface area contributed by atoms with Gasteiger partial charge in [0.25, 0.3) is 0 Å². The third kappa shape index (κ3) is 2.87. The van der Waals surface area contributed by atoms with Crippen LogP contribution in [0.25, 0.3) is 11.1 Å². The van der Waals surface area contributed by atoms with Crippen LogP contribution in [-0.4, -0.2) is 16.4 Å². The standard InChI is InChI=1S/C13H14F3N3O/c1-3-20-10-5-8(4-9(17)6-10)11-7-19(2)18-12(11)13(14,15)16/h4-7H,3,17H2,1-2H3. The molecule has 20 heavy (non-hydrogen) atoms. The first kappa shape index (κ1) is 14.2. The summed E-state index contributed by atoms with van der Waals surface area (Å²) in [5, 5.41) is 3.47. The molecule has 1 aromatic carbocycles. The highest BCUT2D eigenvalue weighted by atomic mass is 19.4. The summed E-state index contributed by atoms with van der Waals surface area (Å²) in [6, 6.07) is 4.55. The fraction of sp³-hybridized carbons (Fsp3) is 0.308. The monoisotopic (exact) mass is 285 g/mol. The zero-order chi connectivity index (χ0) is 14.9. The zero-order valence-electron chi connectivity index (χ0n) is 11.0. The van der Waals surface area contributed by atoms with Gasteiger partial charge >= 0.3 is 6.18 Å². The van der Waals surface area contributed by atoms with E-state index >= 15 is 0 Å². The third-order valence-corrected chi connectivity index (χ3v) is 2.65. The number of halogens is 3. The van der Waals surface area contributed by atoms with E-state index in [2.05, 4.69) is 5.10 Å². The summed E-state index contributed by atoms with van der Waals surface area (Å²) >= 11 is 0. The fourth-order valence-corrected chi connectivity index (χ4v) is 1.94. The predicted molar refractivity (Wildman–Crippen MR) is 69.2 cm³/mol. The summed E-state index contributed by atoms with van der Waals surface area (Å²) in [7, 11) is 1.44. The van der Waals surface area contributed by atoms with Gasteiger partial charge in [-0.2, -0.15) is 18.3 Å². The summed E-state index contributed by atoms with van der Waals surface area (Å²) in [5.41, 5.74) is 5.41. The highest BCUT2D eigenvalue weighted by molar-refractivity contribution is 5.71. The molecule has 0 unspecified atom stereocenters. The van der Waals surface area contributed by atoms with Crippen LogP contribution in [0, 0.1) is 0 Å². The summed E-state index contributed by atoms with van der Waals surface area (Å²) in [6.07, 6.45) is -3.21. The minimum atomic E-state index is -4.52. The van der Waals surface area contributed by atoms with Crippen LogP contribution in [0.15, 0.2) is 24.4 Å². The van der Waals surface area contributed by atoms with Crippen LogP contribution >= 0.6 is 0 Å². The van der Waals surface area contributed by atoms with Crippen LogP contribution in [0.1, 0.15) is 12.6 Å². The number of aryl methyl sites for hydroxylation is 1. The molecule has 1 heterocycles. The molecule has 2 aromatic rings. The number of nitrogens with zero attached hydrogens (tertiary/aromatic N) is 2. The number of hydrogen-bond acceptors (Lipinski definition) is 3. The number of anilines is 1. The normalized spacial score (nSPS) is 11.7. The van der Waals surface area contributed by atoms with E-state index in [0.717, 1.165) is 4.68 Å². The molecule has 0 fully saturated rings. The molecule has 0 amide bonds. The van der Waals surface area contributed by atoms with Gasteiger partial charge < -0.3 is 10.5 Å². The second-order valence-electron chi connectivity index (χ2n) is 4.29. The van der Waals surface area contributed by atoms with Crippen LogP contribution < -0.4 is 10.5 Å². The van der Waals surface area contributed by atoms with E-state index in [9.17, 15) is 13.2 Å². The Balaban J connectivity index is 2.56. The number of ether oxygens (including phenoxy) is 1. The molecule has 4 nitrogen and oxygen atoms in total. The maximum atomic E-state index is 13.0. The molecule has 2 rings (SSSR count). The molecule has 0 aliphatic heterocycles. The second-order valence-corrected chi connectivity index (χ2v) is 4.29. The van der Waals surface area contributed by atoms with E-state index in [1.807, 2.05) is 0 Å². The van der Waals surface area contributed by atoms with Gasteiger partial charge in [0.1, 0.15) is 5.75 Å². The van der Waals surface area contributed by atoms with Crippen molar-refractivity contribution < 1.29 is 17.9 Å². The number of rotatable bonds is 3. The Bertz CT molecular complexity index is 620. The molecule has 0 saturated carbocycles. The fourth-order valence-electron chi connectivity index (χ4n) is 1.94. The average molecular weight is 285 g/mol. The molecule has 108 valence electrons. The molecule has 0 aliphatic carbocycles. The van der Waals surface area contributed by atoms with E-state index in [1.165, 1.54) is 25.4 Å². The molecule has 0 aliphatic rings. The lowest BCUT2D eigenvalue weighted by atomic mass is 10.1. The highest BCUT2D eigenvalue weighted by Crippen LogP contribution is 2.37. The minimum Gasteiger partial charge on any atom is -0.494 e. The van der Waals surface area contributed by atoms with Gasteiger partial charge in [-0.3, -0.25) is 4.68 Å². The molecule has 0 saturated heterocycles. The Morgan fingerprint density at radius 2 is 2.00 bits per heavy atom. The van der Waals surface area contributed by atoms with Gasteiger partial charge in [0.05, 0.1) is 6.61 Å². The second kappa shape index (κ2) is 5.07. The number of alkyl halides is 3. The summed E-state index contributed by atoms with van der Waals surface area (Å²) in [4.78, 5) is 0. The largest absolute Gasteiger partial charge is 0.494 e. The van der Waals surface area contributed by atoms with Crippen molar-refractivity contribution in [3.63, 3.8) is 0 Å². The van der Waals surface area contributed by atoms with E-state index in [-0.39, 0.29) is 5.56 Å². The van der Waals surface area contributed by atoms with Gasteiger partial charge in [-0.15, -0.1) is 0 Å². The van der Waals surface area contributed by atoms with Crippen LogP contribution in [-0.2, 0) is 13.2 Å². The lowest BCUT2D eigenvalue weighted by Crippen LogP contribution is -2.08. The van der Waals surface area contributed by atoms with Gasteiger partial charge in [-0.05, 0) is 24.6 Å². The quantitative estimate of drug-likeness (QED) is 0.882. The summed E-state index contributed by atoms with van der Waals surface area (Å²) in [5.74, 6) is 0.430. The van der Waals surface area contributed by atoms with Gasteiger partial charge in [-0.1, -0.05) is 0 Å². The number of benzene rings is 1. The molecule has 0 spiro atoms. The van der Waals surface area contributed by atoms with Gasteiger partial charge in [-0.25, -0.2) is 0 Å². The van der Waals surface area contributed by atoms with Gasteiger partial charge in [0.2, 0.25) is 0 Å². The van der Waals surface area contributed by atoms with Crippen molar-refractivity contribution in [3.05, 3.63) is 30.1 Å². The molecule has 0 atom stereocenters. The topological polar surface area (TPSA) is 53.1 Å². The van der Waals surface area contributed by atoms with Crippen molar-refractivity contribution in [1.29, 1.82) is 0 Å². The van der Waals surface area contributed by atoms with Crippen LogP contribution in [0.2, 0.25) is 0 Å². The van der Waals surface area contributed by atoms with Crippen LogP contribution in [0.4, 0.5) is 18.9 Å². The Kier molecular flexibility index (Phi) is 3.61. The van der Waals surface area contributed by atoms with Crippen LogP contribution in [0.5, 0.6) is 5.75 Å². The summed E-state index contributed by atoms with van der Waals surface area (Å²) in [6.45, 7) is 2.19. The first-order chi connectivity index (χ1) is 9.31. The van der Waals surface area contributed by atoms with Crippen LogP contribution in [0.3, 0.4) is 0 Å². The molecular formula is C13H14F3N3O. The Morgan fingerprint density at radius 1 is 1.30 bits per heavy atom. The molecule has 1 aromatic heterocycles. The van der Waals surface area contributed by atoms with Gasteiger partial charge in [0.15, 0.2) is 5.69 Å². The molecule has 7 heteroatoms. The number of nitrogen functional groups attached to an aromatic ring is 1. The van der Waals surface area contributed by atoms with Crippen molar-refractivity contribution in [2.45, 2.75) is 13.1 Å². The zero-order valence-corrected chi connectivity index (χ0v) is 11.0. The van der Waals surface area contributed by atoms with E-state index in [4.69, 9.17) is 10.5 Å². The summed E-state index contributed by atoms with van der Waals surface area (Å²) < 4.78 is 45.3. The van der Waals surface area contributed by atoms with Crippen molar-refractivity contribution in [2.75, 3.05) is 12.3 Å². The number of aromatic nitrogens is 2. The highest BCUT2D eigenvalue weighted by Gasteiger charge is 2.37. The average Bonchev–Trinajstić information content (AvgIpc) is 2.71. The van der Waals surface area contributed by atoms with Crippen molar-refractivity contribution in [3.8, 4) is 16.9 Å². The van der Waals surface area contributed by atoms with E-state index in [0.29, 0.717) is 23.6 Å². The van der Waals surface area contributed by atoms with Crippen molar-refractivity contribution >= 4 is 5.69 Å². The van der Waals surface area contributed by atoms with E-state index in [1.54, 1.807) is 13.0 Å². The lowest BCUT2D eigenvalue weighted by molar-refractivity contribution is -0.140. The Labute approximate surface area is 114 Å². The van der Waals surface area contributed by atoms with Gasteiger partial charge in [0, 0.05) is 30.6 Å². The Morgan fingerprint density at radius 3 is 2.60 bits per heavy atom. The maximum absolute atomic E-state index is 13.0. The SMILES string of the molecule is CCOc1cc(N)cc(-c2cn(C)nc2C(F)(F)F)c1. The maximum Gasteiger partial charge on any atom is 0.435 e. The Hall–Kier alpha value is -2.18. The first-order valence-electron chi connectivity index (χ1n) is 5.96. The molecule has 0 radical (unpaired) electrons. The van der Waals surface area contributed by atoms with Crippen molar-refractivity contribution in [1.82, 2.24) is 9.78 Å². The molecule has 0 bridgehead atoms. The number of hydrogen-bond donors (Lipinski definition) is 1. The molecular weight excluding hydrogens is 271 g/mol.